The van der Waals surface area contributed by atoms with Crippen LogP contribution in [0.5, 0.6) is 0 Å². The van der Waals surface area contributed by atoms with Crippen LogP contribution in [0.4, 0.5) is 4.79 Å². The van der Waals surface area contributed by atoms with Crippen molar-refractivity contribution in [3.8, 4) is 0 Å². The molecule has 1 unspecified atom stereocenters. The minimum atomic E-state index is -1.17. The molecule has 2 aromatic rings. The highest BCUT2D eigenvalue weighted by Gasteiger charge is 2.36. The maximum atomic E-state index is 12.8. The van der Waals surface area contributed by atoms with Crippen molar-refractivity contribution in [1.29, 1.82) is 0 Å². The minimum absolute atomic E-state index is 0.145. The van der Waals surface area contributed by atoms with Crippen molar-refractivity contribution >= 4 is 41.3 Å². The van der Waals surface area contributed by atoms with E-state index in [1.54, 1.807) is 11.1 Å². The molecule has 0 N–H and O–H groups in total. The molecule has 1 atom stereocenters. The fourth-order valence-electron chi connectivity index (χ4n) is 3.49. The van der Waals surface area contributed by atoms with Crippen molar-refractivity contribution in [3.63, 3.8) is 0 Å². The highest BCUT2D eigenvalue weighted by molar-refractivity contribution is 9.10. The molecule has 166 valence electrons. The van der Waals surface area contributed by atoms with Crippen LogP contribution in [-0.2, 0) is 16.2 Å². The lowest BCUT2D eigenvalue weighted by Gasteiger charge is -2.28. The number of fused-ring (bicyclic) bond motifs is 1. The molecule has 0 saturated carbocycles. The Morgan fingerprint density at radius 1 is 1.33 bits per heavy atom. The number of rotatable bonds is 6. The van der Waals surface area contributed by atoms with Crippen molar-refractivity contribution in [1.82, 2.24) is 19.4 Å². The van der Waals surface area contributed by atoms with Crippen molar-refractivity contribution in [2.24, 2.45) is 0 Å². The number of imidazole rings is 1. The van der Waals surface area contributed by atoms with Gasteiger partial charge in [0.05, 0.1) is 6.04 Å². The monoisotopic (exact) mass is 496 g/mol. The first-order chi connectivity index (χ1) is 13.9. The molecule has 3 heterocycles. The van der Waals surface area contributed by atoms with E-state index in [1.807, 2.05) is 31.4 Å². The van der Waals surface area contributed by atoms with E-state index in [1.165, 1.54) is 0 Å². The summed E-state index contributed by atoms with van der Waals surface area (Å²) in [6.07, 6.45) is 3.24. The van der Waals surface area contributed by atoms with Gasteiger partial charge in [0.25, 0.3) is 0 Å². The van der Waals surface area contributed by atoms with E-state index >= 15 is 0 Å². The topological polar surface area (TPSA) is 69.5 Å². The van der Waals surface area contributed by atoms with E-state index in [-0.39, 0.29) is 12.1 Å². The average Bonchev–Trinajstić information content (AvgIpc) is 3.20. The molecule has 2 aromatic heterocycles. The molecular weight excluding hydrogens is 464 g/mol. The number of amides is 1. The molecule has 0 radical (unpaired) electrons. The van der Waals surface area contributed by atoms with Gasteiger partial charge in [-0.2, -0.15) is 0 Å². The van der Waals surface area contributed by atoms with Crippen molar-refractivity contribution in [3.05, 3.63) is 22.6 Å². The molecule has 0 bridgehead atoms. The number of pyridine rings is 1. The van der Waals surface area contributed by atoms with Gasteiger partial charge < -0.3 is 9.47 Å². The molecule has 1 fully saturated rings. The van der Waals surface area contributed by atoms with Gasteiger partial charge in [-0.05, 0) is 61.7 Å². The van der Waals surface area contributed by atoms with Gasteiger partial charge in [-0.1, -0.05) is 19.6 Å². The third-order valence-corrected chi connectivity index (χ3v) is 7.11. The van der Waals surface area contributed by atoms with Crippen LogP contribution in [0.3, 0.4) is 0 Å². The average molecular weight is 498 g/mol. The van der Waals surface area contributed by atoms with Gasteiger partial charge in [0.1, 0.15) is 23.7 Å². The molecule has 1 aliphatic rings. The summed E-state index contributed by atoms with van der Waals surface area (Å²) < 4.78 is 14.6. The van der Waals surface area contributed by atoms with Gasteiger partial charge in [0, 0.05) is 31.9 Å². The molecule has 0 aliphatic carbocycles. The number of carbonyl (C=O) groups excluding carboxylic acids is 1. The number of nitrogens with zero attached hydrogens (tertiary/aromatic N) is 4. The molecule has 0 aromatic carbocycles. The lowest BCUT2D eigenvalue weighted by Crippen LogP contribution is -2.37. The summed E-state index contributed by atoms with van der Waals surface area (Å²) in [5.41, 5.74) is 1.04. The smallest absolute Gasteiger partial charge is 0.410 e. The Balaban J connectivity index is 1.88. The van der Waals surface area contributed by atoms with Gasteiger partial charge in [-0.25, -0.2) is 14.8 Å². The number of hydrogen-bond acceptors (Lipinski definition) is 5. The summed E-state index contributed by atoms with van der Waals surface area (Å²) in [7, 11) is -1.17. The number of likely N-dealkylation sites (tertiary alicyclic amines) is 1. The number of aromatic nitrogens is 3. The number of halogens is 1. The SMILES string of the molecule is CC(C)(C)OC(=O)N1CCCC1c1nc2cc(Br)cnc2n1COCC[Si](C)(C)C. The van der Waals surface area contributed by atoms with Gasteiger partial charge in [0.2, 0.25) is 0 Å². The van der Waals surface area contributed by atoms with Gasteiger partial charge in [-0.3, -0.25) is 9.47 Å². The second-order valence-electron chi connectivity index (χ2n) is 10.1. The van der Waals surface area contributed by atoms with Gasteiger partial charge in [-0.15, -0.1) is 0 Å². The van der Waals surface area contributed by atoms with Crippen molar-refractivity contribution in [2.75, 3.05) is 13.2 Å². The summed E-state index contributed by atoms with van der Waals surface area (Å²) in [5.74, 6) is 0.812. The van der Waals surface area contributed by atoms with Crippen LogP contribution in [0.2, 0.25) is 25.7 Å². The van der Waals surface area contributed by atoms with Gasteiger partial charge in [0.15, 0.2) is 5.65 Å². The van der Waals surface area contributed by atoms with Crippen LogP contribution in [0.1, 0.15) is 45.5 Å². The Morgan fingerprint density at radius 3 is 2.73 bits per heavy atom. The molecule has 1 aliphatic heterocycles. The van der Waals surface area contributed by atoms with Crippen LogP contribution < -0.4 is 0 Å². The molecule has 1 amide bonds. The van der Waals surface area contributed by atoms with Crippen LogP contribution in [0, 0.1) is 0 Å². The number of ether oxygens (including phenoxy) is 2. The Kier molecular flexibility index (Phi) is 6.93. The van der Waals surface area contributed by atoms with E-state index in [0.717, 1.165) is 40.3 Å². The Morgan fingerprint density at radius 2 is 2.07 bits per heavy atom. The maximum absolute atomic E-state index is 12.8. The van der Waals surface area contributed by atoms with E-state index in [2.05, 4.69) is 40.6 Å². The fraction of sp³-hybridized carbons (Fsp3) is 0.667. The second-order valence-corrected chi connectivity index (χ2v) is 16.6. The predicted molar refractivity (Wildman–Crippen MR) is 124 cm³/mol. The minimum Gasteiger partial charge on any atom is -0.444 e. The Bertz CT molecular complexity index is 904. The van der Waals surface area contributed by atoms with E-state index in [0.29, 0.717) is 19.9 Å². The zero-order chi connectivity index (χ0) is 22.1. The first kappa shape index (κ1) is 23.2. The van der Waals surface area contributed by atoms with Gasteiger partial charge >= 0.3 is 6.09 Å². The Hall–Kier alpha value is -1.45. The lowest BCUT2D eigenvalue weighted by molar-refractivity contribution is 0.0205. The second kappa shape index (κ2) is 8.96. The highest BCUT2D eigenvalue weighted by atomic mass is 79.9. The molecule has 0 spiro atoms. The molecule has 9 heteroatoms. The molecular formula is C21H33BrN4O3Si. The van der Waals surface area contributed by atoms with E-state index in [9.17, 15) is 4.79 Å². The summed E-state index contributed by atoms with van der Waals surface area (Å²) >= 11 is 3.48. The first-order valence-electron chi connectivity index (χ1n) is 10.5. The largest absolute Gasteiger partial charge is 0.444 e. The van der Waals surface area contributed by atoms with Crippen molar-refractivity contribution in [2.45, 2.75) is 77.7 Å². The number of hydrogen-bond donors (Lipinski definition) is 0. The molecule has 30 heavy (non-hydrogen) atoms. The van der Waals surface area contributed by atoms with Crippen LogP contribution >= 0.6 is 15.9 Å². The van der Waals surface area contributed by atoms with E-state index < -0.39 is 13.7 Å². The number of carbonyl (C=O) groups is 1. The third-order valence-electron chi connectivity index (χ3n) is 4.98. The zero-order valence-corrected chi connectivity index (χ0v) is 21.5. The molecule has 1 saturated heterocycles. The maximum Gasteiger partial charge on any atom is 0.410 e. The normalized spacial score (nSPS) is 17.7. The van der Waals surface area contributed by atoms with Crippen LogP contribution in [0.15, 0.2) is 16.7 Å². The quantitative estimate of drug-likeness (QED) is 0.385. The van der Waals surface area contributed by atoms with Crippen LogP contribution in [0.25, 0.3) is 11.2 Å². The lowest BCUT2D eigenvalue weighted by atomic mass is 10.2. The zero-order valence-electron chi connectivity index (χ0n) is 18.9. The molecule has 7 nitrogen and oxygen atoms in total. The molecule has 3 rings (SSSR count). The van der Waals surface area contributed by atoms with Crippen molar-refractivity contribution < 1.29 is 14.3 Å². The summed E-state index contributed by atoms with van der Waals surface area (Å²) in [5, 5.41) is 0. The summed E-state index contributed by atoms with van der Waals surface area (Å²) in [4.78, 5) is 24.0. The summed E-state index contributed by atoms with van der Waals surface area (Å²) in [6, 6.07) is 2.91. The standard InChI is InChI=1S/C21H33BrN4O3Si/c1-21(2,3)29-20(27)25-9-7-8-17(25)19-24-16-12-15(22)13-23-18(16)26(19)14-28-10-11-30(4,5)6/h12-13,17H,7-11,14H2,1-6H3. The first-order valence-corrected chi connectivity index (χ1v) is 15.0. The van der Waals surface area contributed by atoms with Crippen LogP contribution in [-0.4, -0.2) is 52.4 Å². The third kappa shape index (κ3) is 5.82. The highest BCUT2D eigenvalue weighted by Crippen LogP contribution is 2.34. The van der Waals surface area contributed by atoms with E-state index in [4.69, 9.17) is 14.5 Å². The fourth-order valence-corrected chi connectivity index (χ4v) is 4.57. The summed E-state index contributed by atoms with van der Waals surface area (Å²) in [6.45, 7) is 14.4. The Labute approximate surface area is 188 Å². The predicted octanol–water partition coefficient (Wildman–Crippen LogP) is 5.58.